The van der Waals surface area contributed by atoms with Crippen molar-refractivity contribution in [2.24, 2.45) is 0 Å². The van der Waals surface area contributed by atoms with Crippen LogP contribution in [0.15, 0.2) is 22.7 Å². The third kappa shape index (κ3) is 5.03. The van der Waals surface area contributed by atoms with Gasteiger partial charge < -0.3 is 4.90 Å². The van der Waals surface area contributed by atoms with Crippen LogP contribution in [0, 0.1) is 0 Å². The Labute approximate surface area is 122 Å². The van der Waals surface area contributed by atoms with Gasteiger partial charge in [0.25, 0.3) is 5.91 Å². The number of hydrogen-bond acceptors (Lipinski definition) is 1. The van der Waals surface area contributed by atoms with E-state index in [-0.39, 0.29) is 12.1 Å². The average Bonchev–Trinajstić information content (AvgIpc) is 2.29. The van der Waals surface area contributed by atoms with E-state index in [0.29, 0.717) is 15.9 Å². The fourth-order valence-electron chi connectivity index (χ4n) is 1.57. The van der Waals surface area contributed by atoms with Crippen molar-refractivity contribution in [1.29, 1.82) is 0 Å². The Hall–Kier alpha value is -0.750. The fraction of sp³-hybridized carbons (Fsp3) is 0.417. The number of carbonyl (C=O) groups is 1. The van der Waals surface area contributed by atoms with Gasteiger partial charge in [0.1, 0.15) is 6.54 Å². The van der Waals surface area contributed by atoms with Gasteiger partial charge in [-0.2, -0.15) is 13.2 Å². The molecule has 2 nitrogen and oxygen atoms in total. The second-order valence-electron chi connectivity index (χ2n) is 3.97. The second kappa shape index (κ2) is 6.61. The van der Waals surface area contributed by atoms with Crippen molar-refractivity contribution in [3.63, 3.8) is 0 Å². The van der Waals surface area contributed by atoms with E-state index in [2.05, 4.69) is 15.9 Å². The Balaban J connectivity index is 3.02. The molecule has 0 saturated heterocycles. The summed E-state index contributed by atoms with van der Waals surface area (Å²) in [6, 6.07) is 4.44. The van der Waals surface area contributed by atoms with Crippen molar-refractivity contribution < 1.29 is 18.0 Å². The Morgan fingerprint density at radius 1 is 1.42 bits per heavy atom. The molecule has 0 bridgehead atoms. The lowest BCUT2D eigenvalue weighted by Crippen LogP contribution is -2.39. The Morgan fingerprint density at radius 2 is 2.05 bits per heavy atom. The first-order chi connectivity index (χ1) is 8.74. The number of carbonyl (C=O) groups excluding carboxylic acids is 1. The zero-order chi connectivity index (χ0) is 14.6. The molecule has 1 aromatic rings. The van der Waals surface area contributed by atoms with E-state index in [4.69, 9.17) is 11.6 Å². The Kier molecular flexibility index (Phi) is 5.67. The van der Waals surface area contributed by atoms with Gasteiger partial charge in [-0.1, -0.05) is 18.5 Å². The highest BCUT2D eigenvalue weighted by Gasteiger charge is 2.33. The second-order valence-corrected chi connectivity index (χ2v) is 5.26. The molecule has 1 amide bonds. The molecule has 0 heterocycles. The van der Waals surface area contributed by atoms with Crippen molar-refractivity contribution in [3.05, 3.63) is 33.3 Å². The molecule has 0 radical (unpaired) electrons. The predicted molar refractivity (Wildman–Crippen MR) is 71.4 cm³/mol. The summed E-state index contributed by atoms with van der Waals surface area (Å²) in [6.45, 7) is 0.486. The molecule has 1 aromatic carbocycles. The number of nitrogens with zero attached hydrogens (tertiary/aromatic N) is 1. The highest BCUT2D eigenvalue weighted by Crippen LogP contribution is 2.24. The highest BCUT2D eigenvalue weighted by atomic mass is 79.9. The summed E-state index contributed by atoms with van der Waals surface area (Å²) in [5.74, 6) is -0.687. The number of hydrogen-bond donors (Lipinski definition) is 0. The van der Waals surface area contributed by atoms with Gasteiger partial charge in [-0.05, 0) is 40.5 Å². The van der Waals surface area contributed by atoms with E-state index in [1.165, 1.54) is 12.1 Å². The van der Waals surface area contributed by atoms with Crippen LogP contribution in [0.2, 0.25) is 5.02 Å². The third-order valence-electron chi connectivity index (χ3n) is 2.31. The van der Waals surface area contributed by atoms with Crippen molar-refractivity contribution in [3.8, 4) is 0 Å². The van der Waals surface area contributed by atoms with Gasteiger partial charge in [0.2, 0.25) is 0 Å². The molecule has 0 N–H and O–H groups in total. The largest absolute Gasteiger partial charge is 0.406 e. The molecule has 7 heteroatoms. The molecule has 0 aliphatic carbocycles. The minimum absolute atomic E-state index is 0.0390. The summed E-state index contributed by atoms with van der Waals surface area (Å²) in [7, 11) is 0. The zero-order valence-electron chi connectivity index (χ0n) is 10.1. The molecule has 0 atom stereocenters. The molecule has 0 aromatic heterocycles. The maximum absolute atomic E-state index is 12.5. The van der Waals surface area contributed by atoms with Crippen molar-refractivity contribution in [1.82, 2.24) is 4.90 Å². The van der Waals surface area contributed by atoms with Crippen molar-refractivity contribution >= 4 is 33.4 Å². The lowest BCUT2D eigenvalue weighted by Gasteiger charge is -2.24. The first kappa shape index (κ1) is 16.3. The van der Waals surface area contributed by atoms with E-state index in [0.717, 1.165) is 4.90 Å². The van der Waals surface area contributed by atoms with Crippen LogP contribution in [-0.4, -0.2) is 30.1 Å². The average molecular weight is 359 g/mol. The molecule has 0 aliphatic rings. The standard InChI is InChI=1S/C12H12BrClF3NO/c1-2-5-18(7-12(15,16)17)11(19)9-6-8(14)3-4-10(9)13/h3-4,6H,2,5,7H2,1H3. The molecular formula is C12H12BrClF3NO. The lowest BCUT2D eigenvalue weighted by atomic mass is 10.2. The molecule has 0 unspecified atom stereocenters. The monoisotopic (exact) mass is 357 g/mol. The van der Waals surface area contributed by atoms with Crippen LogP contribution >= 0.6 is 27.5 Å². The molecule has 0 saturated carbocycles. The number of alkyl halides is 3. The smallest absolute Gasteiger partial charge is 0.330 e. The molecule has 0 aliphatic heterocycles. The van der Waals surface area contributed by atoms with E-state index in [9.17, 15) is 18.0 Å². The molecule has 0 fully saturated rings. The minimum atomic E-state index is -4.42. The highest BCUT2D eigenvalue weighted by molar-refractivity contribution is 9.10. The number of benzene rings is 1. The Morgan fingerprint density at radius 3 is 2.58 bits per heavy atom. The maximum atomic E-state index is 12.5. The first-order valence-corrected chi connectivity index (χ1v) is 6.72. The van der Waals surface area contributed by atoms with Gasteiger partial charge in [-0.25, -0.2) is 0 Å². The lowest BCUT2D eigenvalue weighted by molar-refractivity contribution is -0.140. The number of rotatable bonds is 4. The van der Waals surface area contributed by atoms with Crippen molar-refractivity contribution in [2.75, 3.05) is 13.1 Å². The van der Waals surface area contributed by atoms with Crippen LogP contribution < -0.4 is 0 Å². The predicted octanol–water partition coefficient (Wildman–Crippen LogP) is 4.52. The minimum Gasteiger partial charge on any atom is -0.330 e. The molecule has 0 spiro atoms. The zero-order valence-corrected chi connectivity index (χ0v) is 12.4. The topological polar surface area (TPSA) is 20.3 Å². The van der Waals surface area contributed by atoms with E-state index < -0.39 is 18.6 Å². The summed E-state index contributed by atoms with van der Waals surface area (Å²) >= 11 is 8.90. The Bertz CT molecular complexity index is 465. The number of amides is 1. The molecule has 106 valence electrons. The SMILES string of the molecule is CCCN(CC(F)(F)F)C(=O)c1cc(Cl)ccc1Br. The van der Waals surface area contributed by atoms with Gasteiger partial charge >= 0.3 is 6.18 Å². The summed E-state index contributed by atoms with van der Waals surface area (Å²) in [5.41, 5.74) is 0.130. The maximum Gasteiger partial charge on any atom is 0.406 e. The van der Waals surface area contributed by atoms with E-state index in [1.807, 2.05) is 0 Å². The van der Waals surface area contributed by atoms with Crippen LogP contribution in [-0.2, 0) is 0 Å². The summed E-state index contributed by atoms with van der Waals surface area (Å²) in [6.07, 6.45) is -3.98. The molecular weight excluding hydrogens is 346 g/mol. The van der Waals surface area contributed by atoms with Gasteiger partial charge in [-0.3, -0.25) is 4.79 Å². The normalized spacial score (nSPS) is 11.5. The van der Waals surface area contributed by atoms with Crippen LogP contribution in [0.1, 0.15) is 23.7 Å². The van der Waals surface area contributed by atoms with Gasteiger partial charge in [0.15, 0.2) is 0 Å². The van der Waals surface area contributed by atoms with Crippen LogP contribution in [0.4, 0.5) is 13.2 Å². The molecule has 19 heavy (non-hydrogen) atoms. The number of halogens is 5. The van der Waals surface area contributed by atoms with E-state index in [1.54, 1.807) is 13.0 Å². The van der Waals surface area contributed by atoms with Crippen LogP contribution in [0.25, 0.3) is 0 Å². The van der Waals surface area contributed by atoms with Crippen LogP contribution in [0.3, 0.4) is 0 Å². The van der Waals surface area contributed by atoms with E-state index >= 15 is 0 Å². The molecule has 1 rings (SSSR count). The summed E-state index contributed by atoms with van der Waals surface area (Å²) in [5, 5.41) is 0.301. The van der Waals surface area contributed by atoms with Gasteiger partial charge in [-0.15, -0.1) is 0 Å². The first-order valence-electron chi connectivity index (χ1n) is 5.55. The van der Waals surface area contributed by atoms with Crippen LogP contribution in [0.5, 0.6) is 0 Å². The fourth-order valence-corrected chi connectivity index (χ4v) is 2.16. The quantitative estimate of drug-likeness (QED) is 0.775. The van der Waals surface area contributed by atoms with Crippen molar-refractivity contribution in [2.45, 2.75) is 19.5 Å². The third-order valence-corrected chi connectivity index (χ3v) is 3.24. The summed E-state index contributed by atoms with van der Waals surface area (Å²) < 4.78 is 37.8. The van der Waals surface area contributed by atoms with Gasteiger partial charge in [0.05, 0.1) is 5.56 Å². The van der Waals surface area contributed by atoms with Gasteiger partial charge in [0, 0.05) is 16.0 Å². The summed E-state index contributed by atoms with van der Waals surface area (Å²) in [4.78, 5) is 12.9.